The van der Waals surface area contributed by atoms with Gasteiger partial charge in [0.1, 0.15) is 6.61 Å². The molecule has 0 aromatic carbocycles. The molecule has 0 radical (unpaired) electrons. The van der Waals surface area contributed by atoms with Crippen LogP contribution in [0.1, 0.15) is 0 Å². The highest BCUT2D eigenvalue weighted by atomic mass is 127. The fourth-order valence-corrected chi connectivity index (χ4v) is 0.228. The number of ether oxygens (including phenoxy) is 1. The molecule has 3 N–H and O–H groups in total. The summed E-state index contributed by atoms with van der Waals surface area (Å²) in [6.45, 7) is 0.704. The summed E-state index contributed by atoms with van der Waals surface area (Å²) in [5.41, 5.74) is 3.00. The first-order valence-electron chi connectivity index (χ1n) is 1.76. The zero-order chi connectivity index (χ0) is 4.41. The monoisotopic (exact) mass is 217 g/mol. The first-order valence-corrected chi connectivity index (χ1v) is 1.76. The van der Waals surface area contributed by atoms with Gasteiger partial charge in [0, 0.05) is 0 Å². The van der Waals surface area contributed by atoms with Crippen LogP contribution in [0.25, 0.3) is 0 Å². The Morgan fingerprint density at radius 2 is 2.43 bits per heavy atom. The number of halogens is 1. The smallest absolute Gasteiger partial charge is 0.231 e. The van der Waals surface area contributed by atoms with E-state index in [1.54, 1.807) is 5.59 Å². The van der Waals surface area contributed by atoms with Crippen LogP contribution in [0, 0.1) is 5.21 Å². The van der Waals surface area contributed by atoms with Crippen LogP contribution in [0.5, 0.6) is 0 Å². The molecule has 0 aliphatic carbocycles. The van der Waals surface area contributed by atoms with Crippen molar-refractivity contribution in [3.8, 4) is 0 Å². The van der Waals surface area contributed by atoms with Gasteiger partial charge < -0.3 is 33.9 Å². The highest BCUT2D eigenvalue weighted by Gasteiger charge is 2.24. The number of nitrogens with two attached hydrogens (primary N) is 1. The molecule has 5 heteroatoms. The largest absolute Gasteiger partial charge is 1.00 e. The summed E-state index contributed by atoms with van der Waals surface area (Å²) in [5, 5.41) is 9.39. The highest BCUT2D eigenvalue weighted by Crippen LogP contribution is 1.94. The predicted octanol–water partition coefficient (Wildman–Crippen LogP) is -5.09. The molecule has 1 atom stereocenters. The van der Waals surface area contributed by atoms with Crippen LogP contribution in [0.3, 0.4) is 0 Å². The Bertz CT molecular complexity index is 49.0. The summed E-state index contributed by atoms with van der Waals surface area (Å²) in [4.78, 5) is 0. The molecule has 1 rings (SSSR count). The van der Waals surface area contributed by atoms with Crippen molar-refractivity contribution in [3.05, 3.63) is 5.21 Å². The summed E-state index contributed by atoms with van der Waals surface area (Å²) in [7, 11) is 0. The van der Waals surface area contributed by atoms with Gasteiger partial charge in [-0.05, 0) is 0 Å². The van der Waals surface area contributed by atoms with Crippen molar-refractivity contribution >= 4 is 0 Å². The van der Waals surface area contributed by atoms with Crippen molar-refractivity contribution in [2.24, 2.45) is 0 Å². The molecule has 0 amide bonds. The van der Waals surface area contributed by atoms with Crippen LogP contribution in [0.4, 0.5) is 0 Å². The molecule has 1 unspecified atom stereocenters. The quantitative estimate of drug-likeness (QED) is 0.210. The lowest BCUT2D eigenvalue weighted by Crippen LogP contribution is -3.00. The van der Waals surface area contributed by atoms with Crippen LogP contribution < -0.4 is 35.0 Å². The Morgan fingerprint density at radius 1 is 1.86 bits per heavy atom. The van der Waals surface area contributed by atoms with Crippen LogP contribution in [-0.4, -0.2) is 12.8 Å². The van der Waals surface area contributed by atoms with E-state index in [1.165, 1.54) is 5.43 Å². The molecule has 0 saturated carbocycles. The minimum atomic E-state index is 0. The molecule has 0 bridgehead atoms. The van der Waals surface area contributed by atoms with E-state index in [-0.39, 0.29) is 30.2 Å². The lowest BCUT2D eigenvalue weighted by molar-refractivity contribution is -0.728. The fraction of sp³-hybridized carbons (Fsp3) is 1.00. The average Bonchev–Trinajstić information content (AvgIpc) is 2.21. The van der Waals surface area contributed by atoms with Crippen molar-refractivity contribution in [1.82, 2.24) is 5.59 Å². The minimum absolute atomic E-state index is 0. The number of hydrogen-bond donors (Lipinski definition) is 2. The SMILES string of the molecule is [I-].[O-]N[NH2+]C1CO1. The van der Waals surface area contributed by atoms with Crippen LogP contribution >= 0.6 is 0 Å². The van der Waals surface area contributed by atoms with Crippen molar-refractivity contribution in [1.29, 1.82) is 0 Å². The van der Waals surface area contributed by atoms with Crippen molar-refractivity contribution in [3.63, 3.8) is 0 Å². The molecule has 0 aromatic rings. The number of epoxide rings is 1. The van der Waals surface area contributed by atoms with Gasteiger partial charge in [-0.2, -0.15) is 0 Å². The third kappa shape index (κ3) is 3.18. The van der Waals surface area contributed by atoms with E-state index in [0.29, 0.717) is 6.61 Å². The minimum Gasteiger partial charge on any atom is -1.00 e. The molecular weight excluding hydrogens is 211 g/mol. The molecule has 0 spiro atoms. The maximum atomic E-state index is 9.39. The van der Waals surface area contributed by atoms with Crippen LogP contribution in [0.2, 0.25) is 0 Å². The van der Waals surface area contributed by atoms with E-state index >= 15 is 0 Å². The van der Waals surface area contributed by atoms with E-state index in [1.807, 2.05) is 0 Å². The average molecular weight is 217 g/mol. The summed E-state index contributed by atoms with van der Waals surface area (Å²) in [5.74, 6) is 0. The summed E-state index contributed by atoms with van der Waals surface area (Å²) in [6.07, 6.45) is 0.0995. The summed E-state index contributed by atoms with van der Waals surface area (Å²) in [6, 6.07) is 0. The second-order valence-corrected chi connectivity index (χ2v) is 1.16. The maximum Gasteiger partial charge on any atom is 0.231 e. The van der Waals surface area contributed by atoms with Gasteiger partial charge in [-0.1, -0.05) is 0 Å². The van der Waals surface area contributed by atoms with E-state index in [9.17, 15) is 5.21 Å². The van der Waals surface area contributed by atoms with Gasteiger partial charge in [-0.25, -0.2) is 5.59 Å². The molecule has 1 saturated heterocycles. The lowest BCUT2D eigenvalue weighted by atomic mass is 10.8. The van der Waals surface area contributed by atoms with Gasteiger partial charge in [0.25, 0.3) is 0 Å². The van der Waals surface area contributed by atoms with Crippen molar-refractivity contribution in [2.45, 2.75) is 6.23 Å². The Balaban J connectivity index is 0.000000360. The van der Waals surface area contributed by atoms with Crippen LogP contribution in [-0.2, 0) is 4.74 Å². The normalized spacial score (nSPS) is 26.1. The van der Waals surface area contributed by atoms with Crippen molar-refractivity contribution < 1.29 is 34.1 Å². The Kier molecular flexibility index (Phi) is 3.85. The van der Waals surface area contributed by atoms with Crippen molar-refractivity contribution in [2.75, 3.05) is 6.61 Å². The first kappa shape index (κ1) is 7.57. The zero-order valence-corrected chi connectivity index (χ0v) is 5.71. The third-order valence-electron chi connectivity index (χ3n) is 0.613. The molecule has 7 heavy (non-hydrogen) atoms. The molecule has 0 aromatic heterocycles. The van der Waals surface area contributed by atoms with Gasteiger partial charge in [0.15, 0.2) is 0 Å². The molecule has 1 fully saturated rings. The summed E-state index contributed by atoms with van der Waals surface area (Å²) >= 11 is 0. The molecule has 44 valence electrons. The summed E-state index contributed by atoms with van der Waals surface area (Å²) < 4.78 is 4.63. The van der Waals surface area contributed by atoms with Gasteiger partial charge in [-0.3, -0.25) is 5.43 Å². The molecule has 4 nitrogen and oxygen atoms in total. The standard InChI is InChI=1S/C2H5N2O2.HI/c5-4-3-2-1-6-2;/h2-4H,1H2;1H/q-1;. The Morgan fingerprint density at radius 3 is 2.57 bits per heavy atom. The van der Waals surface area contributed by atoms with Gasteiger partial charge >= 0.3 is 0 Å². The number of rotatable bonds is 2. The second-order valence-electron chi connectivity index (χ2n) is 1.16. The number of hydrogen-bond acceptors (Lipinski definition) is 3. The lowest BCUT2D eigenvalue weighted by Gasteiger charge is -1.98. The van der Waals surface area contributed by atoms with E-state index in [2.05, 4.69) is 4.74 Å². The first-order chi connectivity index (χ1) is 2.93. The van der Waals surface area contributed by atoms with E-state index in [0.717, 1.165) is 0 Å². The van der Waals surface area contributed by atoms with Gasteiger partial charge in [0.2, 0.25) is 6.23 Å². The third-order valence-corrected chi connectivity index (χ3v) is 0.613. The second kappa shape index (κ2) is 3.56. The molecule has 1 aliphatic heterocycles. The Labute approximate surface area is 58.2 Å². The predicted molar refractivity (Wildman–Crippen MR) is 18.2 cm³/mol. The Hall–Kier alpha value is 0.570. The van der Waals surface area contributed by atoms with Crippen LogP contribution in [0.15, 0.2) is 0 Å². The number of nitrogens with one attached hydrogen (secondary N) is 1. The highest BCUT2D eigenvalue weighted by molar-refractivity contribution is 4.47. The zero-order valence-electron chi connectivity index (χ0n) is 3.56. The van der Waals surface area contributed by atoms with Gasteiger partial charge in [-0.15, -0.1) is 0 Å². The maximum absolute atomic E-state index is 9.39. The number of quaternary nitrogens is 1. The van der Waals surface area contributed by atoms with Gasteiger partial charge in [0.05, 0.1) is 0 Å². The molecule has 1 aliphatic rings. The van der Waals surface area contributed by atoms with E-state index < -0.39 is 0 Å². The molecular formula is C2H6IN2O2-. The van der Waals surface area contributed by atoms with E-state index in [4.69, 9.17) is 0 Å². The fourth-order valence-electron chi connectivity index (χ4n) is 0.228. The topological polar surface area (TPSA) is 64.2 Å². The molecule has 1 heterocycles.